The summed E-state index contributed by atoms with van der Waals surface area (Å²) in [5.74, 6) is -0.243. The lowest BCUT2D eigenvalue weighted by Crippen LogP contribution is -2.25. The van der Waals surface area contributed by atoms with Gasteiger partial charge in [0.15, 0.2) is 9.84 Å². The van der Waals surface area contributed by atoms with Crippen molar-refractivity contribution in [3.8, 4) is 0 Å². The quantitative estimate of drug-likeness (QED) is 0.742. The summed E-state index contributed by atoms with van der Waals surface area (Å²) in [4.78, 5) is 12.5. The first kappa shape index (κ1) is 18.7. The molecular weight excluding hydrogens is 390 g/mol. The summed E-state index contributed by atoms with van der Waals surface area (Å²) in [6.45, 7) is 2.33. The highest BCUT2D eigenvalue weighted by atomic mass is 79.9. The van der Waals surface area contributed by atoms with E-state index in [4.69, 9.17) is 0 Å². The molecule has 0 bridgehead atoms. The van der Waals surface area contributed by atoms with E-state index < -0.39 is 9.84 Å². The fourth-order valence-corrected chi connectivity index (χ4v) is 3.45. The summed E-state index contributed by atoms with van der Waals surface area (Å²) in [5.41, 5.74) is 2.36. The maximum atomic E-state index is 12.3. The number of hydrogen-bond donors (Lipinski definition) is 1. The molecule has 0 heterocycles. The zero-order valence-electron chi connectivity index (χ0n) is 13.7. The van der Waals surface area contributed by atoms with Crippen LogP contribution in [0.2, 0.25) is 0 Å². The molecule has 0 spiro atoms. The van der Waals surface area contributed by atoms with Crippen LogP contribution in [0.5, 0.6) is 0 Å². The first-order valence-electron chi connectivity index (χ1n) is 7.61. The van der Waals surface area contributed by atoms with Crippen molar-refractivity contribution in [1.29, 1.82) is 0 Å². The highest BCUT2D eigenvalue weighted by Gasteiger charge is 2.14. The fraction of sp³-hybridized carbons (Fsp3) is 0.278. The Labute approximate surface area is 151 Å². The molecule has 0 fully saturated rings. The van der Waals surface area contributed by atoms with Gasteiger partial charge in [0.2, 0.25) is 0 Å². The van der Waals surface area contributed by atoms with E-state index in [2.05, 4.69) is 27.3 Å². The third kappa shape index (κ3) is 5.18. The number of rotatable bonds is 6. The number of sulfone groups is 1. The first-order valence-corrected chi connectivity index (χ1v) is 10.3. The lowest BCUT2D eigenvalue weighted by molar-refractivity contribution is 0.0952. The van der Waals surface area contributed by atoms with Gasteiger partial charge >= 0.3 is 0 Å². The normalized spacial score (nSPS) is 11.3. The molecule has 0 saturated carbocycles. The second kappa shape index (κ2) is 7.94. The van der Waals surface area contributed by atoms with Crippen molar-refractivity contribution in [3.05, 3.63) is 63.6 Å². The summed E-state index contributed by atoms with van der Waals surface area (Å²) in [7, 11) is -3.33. The molecule has 0 unspecified atom stereocenters. The molecule has 2 aromatic carbocycles. The lowest BCUT2D eigenvalue weighted by Gasteiger charge is -2.09. The maximum absolute atomic E-state index is 12.3. The van der Waals surface area contributed by atoms with Crippen molar-refractivity contribution in [2.45, 2.75) is 24.7 Å². The molecule has 0 atom stereocenters. The van der Waals surface area contributed by atoms with E-state index in [0.29, 0.717) is 12.1 Å². The summed E-state index contributed by atoms with van der Waals surface area (Å²) >= 11 is 3.44. The van der Waals surface area contributed by atoms with Crippen molar-refractivity contribution < 1.29 is 13.2 Å². The molecule has 0 saturated heterocycles. The molecular formula is C18H20BrNO3S. The summed E-state index contributed by atoms with van der Waals surface area (Å²) < 4.78 is 24.3. The van der Waals surface area contributed by atoms with Crippen LogP contribution in [0.15, 0.2) is 51.8 Å². The van der Waals surface area contributed by atoms with Crippen LogP contribution < -0.4 is 5.32 Å². The molecule has 0 aromatic heterocycles. The van der Waals surface area contributed by atoms with Crippen molar-refractivity contribution in [3.63, 3.8) is 0 Å². The smallest absolute Gasteiger partial charge is 0.251 e. The largest absolute Gasteiger partial charge is 0.352 e. The molecule has 0 aliphatic carbocycles. The molecule has 6 heteroatoms. The van der Waals surface area contributed by atoms with Crippen LogP contribution in [-0.4, -0.2) is 27.1 Å². The van der Waals surface area contributed by atoms with Gasteiger partial charge in [-0.25, -0.2) is 8.42 Å². The van der Waals surface area contributed by atoms with Crippen LogP contribution in [0.3, 0.4) is 0 Å². The van der Waals surface area contributed by atoms with Crippen molar-refractivity contribution in [1.82, 2.24) is 5.32 Å². The zero-order chi connectivity index (χ0) is 17.7. The number of hydrogen-bond acceptors (Lipinski definition) is 3. The SMILES string of the molecule is Cc1ccc(S(C)(=O)=O)cc1C(=O)NCCCc1cccc(Br)c1. The van der Waals surface area contributed by atoms with E-state index in [-0.39, 0.29) is 10.8 Å². The summed E-state index contributed by atoms with van der Waals surface area (Å²) in [5, 5.41) is 2.86. The number of benzene rings is 2. The number of amides is 1. The van der Waals surface area contributed by atoms with E-state index in [9.17, 15) is 13.2 Å². The van der Waals surface area contributed by atoms with Gasteiger partial charge in [-0.05, 0) is 55.2 Å². The Morgan fingerprint density at radius 2 is 1.92 bits per heavy atom. The van der Waals surface area contributed by atoms with Crippen LogP contribution >= 0.6 is 15.9 Å². The predicted molar refractivity (Wildman–Crippen MR) is 99.1 cm³/mol. The van der Waals surface area contributed by atoms with Crippen molar-refractivity contribution >= 4 is 31.7 Å². The zero-order valence-corrected chi connectivity index (χ0v) is 16.1. The molecule has 1 N–H and O–H groups in total. The molecule has 2 rings (SSSR count). The van der Waals surface area contributed by atoms with Crippen LogP contribution in [0.1, 0.15) is 27.9 Å². The maximum Gasteiger partial charge on any atom is 0.251 e. The van der Waals surface area contributed by atoms with Crippen LogP contribution in [0.4, 0.5) is 0 Å². The highest BCUT2D eigenvalue weighted by molar-refractivity contribution is 9.10. The monoisotopic (exact) mass is 409 g/mol. The number of nitrogens with one attached hydrogen (secondary N) is 1. The highest BCUT2D eigenvalue weighted by Crippen LogP contribution is 2.16. The van der Waals surface area contributed by atoms with E-state index >= 15 is 0 Å². The Bertz CT molecular complexity index is 847. The molecule has 0 aliphatic heterocycles. The number of halogens is 1. The average Bonchev–Trinajstić information content (AvgIpc) is 2.50. The Morgan fingerprint density at radius 3 is 2.58 bits per heavy atom. The minimum Gasteiger partial charge on any atom is -0.352 e. The molecule has 128 valence electrons. The van der Waals surface area contributed by atoms with Gasteiger partial charge < -0.3 is 5.32 Å². The van der Waals surface area contributed by atoms with Gasteiger partial charge in [-0.3, -0.25) is 4.79 Å². The van der Waals surface area contributed by atoms with Gasteiger partial charge in [0.05, 0.1) is 4.90 Å². The van der Waals surface area contributed by atoms with Gasteiger partial charge in [0.25, 0.3) is 5.91 Å². The van der Waals surface area contributed by atoms with Crippen LogP contribution in [-0.2, 0) is 16.3 Å². The molecule has 24 heavy (non-hydrogen) atoms. The minimum absolute atomic E-state index is 0.160. The van der Waals surface area contributed by atoms with E-state index in [1.54, 1.807) is 13.0 Å². The number of aryl methyl sites for hydroxylation is 2. The van der Waals surface area contributed by atoms with Gasteiger partial charge in [0.1, 0.15) is 0 Å². The topological polar surface area (TPSA) is 63.2 Å². The van der Waals surface area contributed by atoms with Gasteiger partial charge in [-0.2, -0.15) is 0 Å². The molecule has 4 nitrogen and oxygen atoms in total. The van der Waals surface area contributed by atoms with E-state index in [1.807, 2.05) is 18.2 Å². The van der Waals surface area contributed by atoms with Crippen LogP contribution in [0.25, 0.3) is 0 Å². The van der Waals surface area contributed by atoms with E-state index in [1.165, 1.54) is 17.7 Å². The summed E-state index contributed by atoms with van der Waals surface area (Å²) in [6.07, 6.45) is 2.81. The third-order valence-corrected chi connectivity index (χ3v) is 5.30. The Morgan fingerprint density at radius 1 is 1.17 bits per heavy atom. The second-order valence-corrected chi connectivity index (χ2v) is 8.67. The van der Waals surface area contributed by atoms with Gasteiger partial charge in [-0.15, -0.1) is 0 Å². The fourth-order valence-electron chi connectivity index (χ4n) is 2.36. The van der Waals surface area contributed by atoms with Crippen LogP contribution in [0, 0.1) is 6.92 Å². The Balaban J connectivity index is 1.95. The summed E-state index contributed by atoms with van der Waals surface area (Å²) in [6, 6.07) is 12.7. The van der Waals surface area contributed by atoms with Gasteiger partial charge in [0, 0.05) is 22.8 Å². The van der Waals surface area contributed by atoms with E-state index in [0.717, 1.165) is 29.1 Å². The second-order valence-electron chi connectivity index (χ2n) is 5.74. The lowest BCUT2D eigenvalue weighted by atomic mass is 10.1. The van der Waals surface area contributed by atoms with Gasteiger partial charge in [-0.1, -0.05) is 34.1 Å². The molecule has 1 amide bonds. The predicted octanol–water partition coefficient (Wildman–Crippen LogP) is 3.52. The Kier molecular flexibility index (Phi) is 6.18. The number of carbonyl (C=O) groups is 1. The molecule has 0 radical (unpaired) electrons. The van der Waals surface area contributed by atoms with Crippen molar-refractivity contribution in [2.24, 2.45) is 0 Å². The van der Waals surface area contributed by atoms with Crippen molar-refractivity contribution in [2.75, 3.05) is 12.8 Å². The average molecular weight is 410 g/mol. The molecule has 0 aliphatic rings. The minimum atomic E-state index is -3.33. The first-order chi connectivity index (χ1) is 11.3. The Hall–Kier alpha value is -1.66. The molecule has 2 aromatic rings. The standard InChI is InChI=1S/C18H20BrNO3S/c1-13-8-9-16(24(2,22)23)12-17(13)18(21)20-10-4-6-14-5-3-7-15(19)11-14/h3,5,7-9,11-12H,4,6,10H2,1-2H3,(H,20,21). The third-order valence-electron chi connectivity index (χ3n) is 3.70. The number of carbonyl (C=O) groups excluding carboxylic acids is 1.